The van der Waals surface area contributed by atoms with Gasteiger partial charge in [0.15, 0.2) is 0 Å². The minimum atomic E-state index is -0.655. The predicted octanol–water partition coefficient (Wildman–Crippen LogP) is 0.0468. The number of hydrogen-bond acceptors (Lipinski definition) is 3. The van der Waals surface area contributed by atoms with E-state index < -0.39 is 17.4 Å². The van der Waals surface area contributed by atoms with Crippen molar-refractivity contribution in [1.82, 2.24) is 10.6 Å². The van der Waals surface area contributed by atoms with Crippen LogP contribution in [0.15, 0.2) is 24.3 Å². The summed E-state index contributed by atoms with van der Waals surface area (Å²) in [7, 11) is 1.60. The number of nitrogens with one attached hydrogen (secondary N) is 2. The van der Waals surface area contributed by atoms with Crippen LogP contribution in [0, 0.1) is 5.82 Å². The van der Waals surface area contributed by atoms with Crippen molar-refractivity contribution in [3.63, 3.8) is 0 Å². The number of primary amides is 1. The average Bonchev–Trinajstić information content (AvgIpc) is 3.20. The van der Waals surface area contributed by atoms with Gasteiger partial charge in [0.05, 0.1) is 5.41 Å². The first-order valence-corrected chi connectivity index (χ1v) is 6.50. The Morgan fingerprint density at radius 3 is 2.65 bits per heavy atom. The van der Waals surface area contributed by atoms with Crippen LogP contribution in [0.2, 0.25) is 0 Å². The van der Waals surface area contributed by atoms with Crippen LogP contribution in [0.25, 0.3) is 0 Å². The lowest BCUT2D eigenvalue weighted by Crippen LogP contribution is -2.49. The molecule has 20 heavy (non-hydrogen) atoms. The fourth-order valence-electron chi connectivity index (χ4n) is 2.27. The van der Waals surface area contributed by atoms with Gasteiger partial charge in [0.25, 0.3) is 0 Å². The molecule has 1 saturated carbocycles. The predicted molar refractivity (Wildman–Crippen MR) is 72.4 cm³/mol. The molecule has 1 atom stereocenters. The SMILES string of the molecule is CNC(CNC(=O)C1(c2cccc(F)c2)CC1)C(N)=O. The summed E-state index contributed by atoms with van der Waals surface area (Å²) < 4.78 is 13.3. The molecule has 5 nitrogen and oxygen atoms in total. The van der Waals surface area contributed by atoms with Crippen molar-refractivity contribution in [3.8, 4) is 0 Å². The van der Waals surface area contributed by atoms with Crippen LogP contribution < -0.4 is 16.4 Å². The van der Waals surface area contributed by atoms with Gasteiger partial charge in [-0.1, -0.05) is 12.1 Å². The molecule has 6 heteroatoms. The summed E-state index contributed by atoms with van der Waals surface area (Å²) in [6.07, 6.45) is 1.37. The molecular weight excluding hydrogens is 261 g/mol. The fourth-order valence-corrected chi connectivity index (χ4v) is 2.27. The van der Waals surface area contributed by atoms with E-state index in [0.29, 0.717) is 18.4 Å². The Hall–Kier alpha value is -1.95. The second-order valence-electron chi connectivity index (χ2n) is 5.05. The first-order chi connectivity index (χ1) is 9.49. The molecule has 2 rings (SSSR count). The Kier molecular flexibility index (Phi) is 4.04. The molecule has 1 aromatic rings. The zero-order valence-electron chi connectivity index (χ0n) is 11.3. The first kappa shape index (κ1) is 14.5. The van der Waals surface area contributed by atoms with E-state index in [4.69, 9.17) is 5.73 Å². The van der Waals surface area contributed by atoms with Crippen molar-refractivity contribution in [2.75, 3.05) is 13.6 Å². The number of halogens is 1. The summed E-state index contributed by atoms with van der Waals surface area (Å²) in [5, 5.41) is 5.44. The normalized spacial score (nSPS) is 17.3. The van der Waals surface area contributed by atoms with E-state index in [2.05, 4.69) is 10.6 Å². The highest BCUT2D eigenvalue weighted by Crippen LogP contribution is 2.48. The Morgan fingerprint density at radius 2 is 2.15 bits per heavy atom. The summed E-state index contributed by atoms with van der Waals surface area (Å²) in [5.74, 6) is -1.07. The van der Waals surface area contributed by atoms with Crippen LogP contribution in [-0.2, 0) is 15.0 Å². The number of carbonyl (C=O) groups is 2. The Morgan fingerprint density at radius 1 is 1.45 bits per heavy atom. The van der Waals surface area contributed by atoms with E-state index in [1.807, 2.05) is 0 Å². The molecule has 1 aromatic carbocycles. The van der Waals surface area contributed by atoms with Gasteiger partial charge in [0, 0.05) is 6.54 Å². The molecule has 108 valence electrons. The number of rotatable bonds is 6. The average molecular weight is 279 g/mol. The van der Waals surface area contributed by atoms with Gasteiger partial charge in [0.2, 0.25) is 11.8 Å². The summed E-state index contributed by atoms with van der Waals surface area (Å²) >= 11 is 0. The number of nitrogens with two attached hydrogens (primary N) is 1. The number of carbonyl (C=O) groups excluding carboxylic acids is 2. The standard InChI is InChI=1S/C14H18FN3O2/c1-17-11(12(16)19)8-18-13(20)14(5-6-14)9-3-2-4-10(15)7-9/h2-4,7,11,17H,5-6,8H2,1H3,(H2,16,19)(H,18,20). The molecule has 0 spiro atoms. The number of hydrogen-bond donors (Lipinski definition) is 3. The van der Waals surface area contributed by atoms with Gasteiger partial charge < -0.3 is 16.4 Å². The largest absolute Gasteiger partial charge is 0.368 e. The molecule has 0 radical (unpaired) electrons. The second kappa shape index (κ2) is 5.58. The molecule has 2 amide bonds. The molecular formula is C14H18FN3O2. The monoisotopic (exact) mass is 279 g/mol. The summed E-state index contributed by atoms with van der Waals surface area (Å²) in [6.45, 7) is 0.127. The summed E-state index contributed by atoms with van der Waals surface area (Å²) in [5.41, 5.74) is 5.21. The van der Waals surface area contributed by atoms with Crippen molar-refractivity contribution >= 4 is 11.8 Å². The molecule has 0 saturated heterocycles. The smallest absolute Gasteiger partial charge is 0.236 e. The molecule has 0 aliphatic heterocycles. The minimum absolute atomic E-state index is 0.127. The Labute approximate surface area is 116 Å². The van der Waals surface area contributed by atoms with E-state index in [0.717, 1.165) is 0 Å². The van der Waals surface area contributed by atoms with Gasteiger partial charge in [-0.15, -0.1) is 0 Å². The van der Waals surface area contributed by atoms with Gasteiger partial charge in [-0.3, -0.25) is 9.59 Å². The van der Waals surface area contributed by atoms with Crippen molar-refractivity contribution in [2.24, 2.45) is 5.73 Å². The maximum absolute atomic E-state index is 13.3. The van der Waals surface area contributed by atoms with Crippen molar-refractivity contribution in [3.05, 3.63) is 35.6 Å². The number of amides is 2. The molecule has 4 N–H and O–H groups in total. The molecule has 0 aromatic heterocycles. The van der Waals surface area contributed by atoms with Gasteiger partial charge in [-0.2, -0.15) is 0 Å². The van der Waals surface area contributed by atoms with Gasteiger partial charge >= 0.3 is 0 Å². The highest BCUT2D eigenvalue weighted by Gasteiger charge is 2.51. The molecule has 1 aliphatic carbocycles. The van der Waals surface area contributed by atoms with Gasteiger partial charge in [-0.25, -0.2) is 4.39 Å². The van der Waals surface area contributed by atoms with Crippen LogP contribution >= 0.6 is 0 Å². The van der Waals surface area contributed by atoms with E-state index in [-0.39, 0.29) is 18.3 Å². The Bertz CT molecular complexity index is 529. The topological polar surface area (TPSA) is 84.2 Å². The van der Waals surface area contributed by atoms with Crippen molar-refractivity contribution < 1.29 is 14.0 Å². The maximum atomic E-state index is 13.3. The first-order valence-electron chi connectivity index (χ1n) is 6.50. The molecule has 0 heterocycles. The van der Waals surface area contributed by atoms with Crippen LogP contribution in [0.4, 0.5) is 4.39 Å². The lowest BCUT2D eigenvalue weighted by Gasteiger charge is -2.18. The van der Waals surface area contributed by atoms with Gasteiger partial charge in [-0.05, 0) is 37.6 Å². The highest BCUT2D eigenvalue weighted by molar-refractivity contribution is 5.91. The quantitative estimate of drug-likeness (QED) is 0.688. The van der Waals surface area contributed by atoms with Crippen LogP contribution in [0.3, 0.4) is 0 Å². The van der Waals surface area contributed by atoms with Crippen molar-refractivity contribution in [1.29, 1.82) is 0 Å². The Balaban J connectivity index is 2.04. The van der Waals surface area contributed by atoms with Crippen molar-refractivity contribution in [2.45, 2.75) is 24.3 Å². The maximum Gasteiger partial charge on any atom is 0.236 e. The van der Waals surface area contributed by atoms with E-state index in [1.54, 1.807) is 19.2 Å². The zero-order chi connectivity index (χ0) is 14.8. The molecule has 1 fully saturated rings. The second-order valence-corrected chi connectivity index (χ2v) is 5.05. The lowest BCUT2D eigenvalue weighted by molar-refractivity contribution is -0.124. The van der Waals surface area contributed by atoms with E-state index >= 15 is 0 Å². The molecule has 0 bridgehead atoms. The van der Waals surface area contributed by atoms with Gasteiger partial charge in [0.1, 0.15) is 11.9 Å². The minimum Gasteiger partial charge on any atom is -0.368 e. The lowest BCUT2D eigenvalue weighted by atomic mass is 9.95. The molecule has 1 aliphatic rings. The third-order valence-electron chi connectivity index (χ3n) is 3.72. The van der Waals surface area contributed by atoms with Crippen LogP contribution in [0.5, 0.6) is 0 Å². The third kappa shape index (κ3) is 2.80. The zero-order valence-corrected chi connectivity index (χ0v) is 11.3. The van der Waals surface area contributed by atoms with E-state index in [1.165, 1.54) is 12.1 Å². The molecule has 1 unspecified atom stereocenters. The summed E-state index contributed by atoms with van der Waals surface area (Å²) in [6, 6.07) is 5.47. The fraction of sp³-hybridized carbons (Fsp3) is 0.429. The summed E-state index contributed by atoms with van der Waals surface area (Å²) in [4.78, 5) is 23.4. The highest BCUT2D eigenvalue weighted by atomic mass is 19.1. The van der Waals surface area contributed by atoms with E-state index in [9.17, 15) is 14.0 Å². The van der Waals surface area contributed by atoms with Crippen LogP contribution in [0.1, 0.15) is 18.4 Å². The number of likely N-dealkylation sites (N-methyl/N-ethyl adjacent to an activating group) is 1. The van der Waals surface area contributed by atoms with Crippen LogP contribution in [-0.4, -0.2) is 31.4 Å². The third-order valence-corrected chi connectivity index (χ3v) is 3.72. The number of benzene rings is 1.